The molecule has 3 N–H and O–H groups in total. The smallest absolute Gasteiger partial charge is 0.191 e. The summed E-state index contributed by atoms with van der Waals surface area (Å²) in [7, 11) is 5.31. The number of guanidine groups is 1. The Bertz CT molecular complexity index is 978. The highest BCUT2D eigenvalue weighted by Gasteiger charge is 2.07. The summed E-state index contributed by atoms with van der Waals surface area (Å²) in [5.74, 6) is 0.133. The number of hydrogen-bond acceptors (Lipinski definition) is 2. The van der Waals surface area contributed by atoms with Crippen LogP contribution < -0.4 is 15.5 Å². The van der Waals surface area contributed by atoms with E-state index in [1.54, 1.807) is 30.1 Å². The number of nitrogens with zero attached hydrogens (tertiary/aromatic N) is 2. The molecule has 1 heterocycles. The molecule has 0 unspecified atom stereocenters. The van der Waals surface area contributed by atoms with Crippen molar-refractivity contribution in [2.24, 2.45) is 4.99 Å². The molecule has 0 saturated carbocycles. The summed E-state index contributed by atoms with van der Waals surface area (Å²) in [5.41, 5.74) is 3.35. The third-order valence-electron chi connectivity index (χ3n) is 4.59. The normalized spacial score (nSPS) is 11.7. The van der Waals surface area contributed by atoms with Gasteiger partial charge < -0.3 is 20.5 Å². The highest BCUT2D eigenvalue weighted by Crippen LogP contribution is 2.20. The average molecular weight is 385 g/mol. The molecule has 0 aliphatic rings. The maximum Gasteiger partial charge on any atom is 0.191 e. The van der Waals surface area contributed by atoms with Crippen LogP contribution in [-0.4, -0.2) is 38.6 Å². The van der Waals surface area contributed by atoms with Crippen LogP contribution in [0.5, 0.6) is 0 Å². The van der Waals surface area contributed by atoms with E-state index in [0.717, 1.165) is 28.5 Å². The van der Waals surface area contributed by atoms with E-state index in [1.165, 1.54) is 12.1 Å². The van der Waals surface area contributed by atoms with Crippen LogP contribution in [0.15, 0.2) is 47.6 Å². The molecule has 5 nitrogen and oxygen atoms in total. The molecule has 0 aliphatic carbocycles. The van der Waals surface area contributed by atoms with Crippen molar-refractivity contribution in [1.29, 1.82) is 0 Å². The zero-order valence-electron chi connectivity index (χ0n) is 16.3. The van der Waals surface area contributed by atoms with Crippen LogP contribution >= 0.6 is 0 Å². The molecule has 0 bridgehead atoms. The van der Waals surface area contributed by atoms with Crippen molar-refractivity contribution in [1.82, 2.24) is 15.6 Å². The van der Waals surface area contributed by atoms with E-state index in [9.17, 15) is 8.78 Å². The lowest BCUT2D eigenvalue weighted by Crippen LogP contribution is -2.37. The molecular weight excluding hydrogens is 360 g/mol. The summed E-state index contributed by atoms with van der Waals surface area (Å²) in [6.45, 7) is 1.10. The number of hydrogen-bond donors (Lipinski definition) is 3. The first kappa shape index (κ1) is 19.7. The molecule has 3 aromatic rings. The Balaban J connectivity index is 1.53. The third kappa shape index (κ3) is 4.60. The fraction of sp³-hybridized carbons (Fsp3) is 0.286. The lowest BCUT2D eigenvalue weighted by molar-refractivity contribution is 0.623. The van der Waals surface area contributed by atoms with Gasteiger partial charge in [0.05, 0.1) is 5.69 Å². The summed E-state index contributed by atoms with van der Waals surface area (Å²) in [4.78, 5) is 9.08. The molecule has 3 rings (SSSR count). The van der Waals surface area contributed by atoms with Crippen molar-refractivity contribution in [2.45, 2.75) is 13.0 Å². The SMILES string of the molecule is CN=C(NCCc1c[nH]c2ccc(F)cc12)NCc1ccc(N(C)C)c(F)c1. The minimum absolute atomic E-state index is 0.244. The van der Waals surface area contributed by atoms with E-state index in [-0.39, 0.29) is 11.6 Å². The molecule has 0 amide bonds. The van der Waals surface area contributed by atoms with Crippen LogP contribution in [0, 0.1) is 11.6 Å². The van der Waals surface area contributed by atoms with Crippen LogP contribution in [0.4, 0.5) is 14.5 Å². The number of benzene rings is 2. The van der Waals surface area contributed by atoms with Gasteiger partial charge in [-0.2, -0.15) is 0 Å². The highest BCUT2D eigenvalue weighted by molar-refractivity contribution is 5.83. The Labute approximate surface area is 163 Å². The first-order valence-corrected chi connectivity index (χ1v) is 9.13. The molecular formula is C21H25F2N5. The first-order chi connectivity index (χ1) is 13.5. The number of anilines is 1. The van der Waals surface area contributed by atoms with E-state index < -0.39 is 0 Å². The first-order valence-electron chi connectivity index (χ1n) is 9.13. The molecule has 0 saturated heterocycles. The van der Waals surface area contributed by atoms with E-state index in [4.69, 9.17) is 0 Å². The second-order valence-corrected chi connectivity index (χ2v) is 6.79. The monoisotopic (exact) mass is 385 g/mol. The lowest BCUT2D eigenvalue weighted by atomic mass is 10.1. The molecule has 0 aliphatic heterocycles. The molecule has 28 heavy (non-hydrogen) atoms. The number of aromatic amines is 1. The largest absolute Gasteiger partial charge is 0.375 e. The predicted octanol–water partition coefficient (Wildman–Crippen LogP) is 3.42. The molecule has 0 atom stereocenters. The number of halogens is 2. The van der Waals surface area contributed by atoms with Crippen molar-refractivity contribution in [2.75, 3.05) is 32.6 Å². The zero-order valence-corrected chi connectivity index (χ0v) is 16.3. The summed E-state index contributed by atoms with van der Waals surface area (Å²) in [6, 6.07) is 9.90. The average Bonchev–Trinajstić information content (AvgIpc) is 3.06. The lowest BCUT2D eigenvalue weighted by Gasteiger charge is -2.15. The number of rotatable bonds is 6. The van der Waals surface area contributed by atoms with Gasteiger partial charge >= 0.3 is 0 Å². The fourth-order valence-electron chi connectivity index (χ4n) is 3.10. The second kappa shape index (κ2) is 8.73. The molecule has 7 heteroatoms. The van der Waals surface area contributed by atoms with Crippen molar-refractivity contribution < 1.29 is 8.78 Å². The van der Waals surface area contributed by atoms with Gasteiger partial charge in [0.25, 0.3) is 0 Å². The third-order valence-corrected chi connectivity index (χ3v) is 4.59. The maximum atomic E-state index is 14.1. The topological polar surface area (TPSA) is 55.5 Å². The van der Waals surface area contributed by atoms with Gasteiger partial charge in [-0.3, -0.25) is 4.99 Å². The van der Waals surface area contributed by atoms with Gasteiger partial charge in [0.15, 0.2) is 5.96 Å². The Morgan fingerprint density at radius 1 is 1.11 bits per heavy atom. The van der Waals surface area contributed by atoms with Crippen molar-refractivity contribution in [3.63, 3.8) is 0 Å². The van der Waals surface area contributed by atoms with Gasteiger partial charge in [-0.25, -0.2) is 8.78 Å². The van der Waals surface area contributed by atoms with Gasteiger partial charge in [-0.1, -0.05) is 6.07 Å². The van der Waals surface area contributed by atoms with Gasteiger partial charge in [0, 0.05) is 51.3 Å². The van der Waals surface area contributed by atoms with E-state index >= 15 is 0 Å². The Morgan fingerprint density at radius 2 is 1.93 bits per heavy atom. The summed E-state index contributed by atoms with van der Waals surface area (Å²) < 4.78 is 27.5. The van der Waals surface area contributed by atoms with Gasteiger partial charge in [0.2, 0.25) is 0 Å². The fourth-order valence-corrected chi connectivity index (χ4v) is 3.10. The van der Waals surface area contributed by atoms with Crippen LogP contribution in [0.3, 0.4) is 0 Å². The minimum atomic E-state index is -0.251. The summed E-state index contributed by atoms with van der Waals surface area (Å²) in [6.07, 6.45) is 2.62. The summed E-state index contributed by atoms with van der Waals surface area (Å²) >= 11 is 0. The van der Waals surface area contributed by atoms with Gasteiger partial charge in [-0.15, -0.1) is 0 Å². The number of nitrogens with one attached hydrogen (secondary N) is 3. The van der Waals surface area contributed by atoms with Gasteiger partial charge in [-0.05, 0) is 47.9 Å². The Morgan fingerprint density at radius 3 is 2.64 bits per heavy atom. The van der Waals surface area contributed by atoms with Crippen LogP contribution in [0.2, 0.25) is 0 Å². The number of H-pyrrole nitrogens is 1. The van der Waals surface area contributed by atoms with Crippen molar-refractivity contribution in [3.05, 3.63) is 65.4 Å². The number of aliphatic imine (C=N–C) groups is 1. The maximum absolute atomic E-state index is 14.1. The zero-order chi connectivity index (χ0) is 20.1. The number of fused-ring (bicyclic) bond motifs is 1. The van der Waals surface area contributed by atoms with Crippen LogP contribution in [-0.2, 0) is 13.0 Å². The molecule has 2 aromatic carbocycles. The molecule has 0 spiro atoms. The molecule has 148 valence electrons. The summed E-state index contributed by atoms with van der Waals surface area (Å²) in [5, 5.41) is 7.30. The second-order valence-electron chi connectivity index (χ2n) is 6.79. The highest BCUT2D eigenvalue weighted by atomic mass is 19.1. The van der Waals surface area contributed by atoms with Gasteiger partial charge in [0.1, 0.15) is 11.6 Å². The number of aromatic nitrogens is 1. The molecule has 0 radical (unpaired) electrons. The minimum Gasteiger partial charge on any atom is -0.375 e. The Kier molecular flexibility index (Phi) is 6.13. The Hall–Kier alpha value is -3.09. The molecule has 0 fully saturated rings. The molecule has 1 aromatic heterocycles. The van der Waals surface area contributed by atoms with E-state index in [0.29, 0.717) is 24.7 Å². The van der Waals surface area contributed by atoms with Crippen LogP contribution in [0.1, 0.15) is 11.1 Å². The quantitative estimate of drug-likeness (QED) is 0.450. The van der Waals surface area contributed by atoms with Crippen molar-refractivity contribution >= 4 is 22.5 Å². The predicted molar refractivity (Wildman–Crippen MR) is 111 cm³/mol. The van der Waals surface area contributed by atoms with E-state index in [2.05, 4.69) is 20.6 Å². The standard InChI is InChI=1S/C21H25F2N5/c1-24-21(27-12-14-4-7-20(28(2)3)18(23)10-14)25-9-8-15-13-26-19-6-5-16(22)11-17(15)19/h4-7,10-11,13,26H,8-9,12H2,1-3H3,(H2,24,25,27). The van der Waals surface area contributed by atoms with Crippen LogP contribution in [0.25, 0.3) is 10.9 Å². The van der Waals surface area contributed by atoms with Crippen molar-refractivity contribution in [3.8, 4) is 0 Å². The van der Waals surface area contributed by atoms with E-state index in [1.807, 2.05) is 26.4 Å².